The van der Waals surface area contributed by atoms with E-state index in [4.69, 9.17) is 5.11 Å². The number of thiol groups is 1. The zero-order chi connectivity index (χ0) is 7.44. The lowest BCUT2D eigenvalue weighted by Gasteiger charge is -2.09. The molecule has 54 valence electrons. The van der Waals surface area contributed by atoms with E-state index in [1.165, 1.54) is 7.11 Å². The van der Waals surface area contributed by atoms with Crippen LogP contribution in [0, 0.1) is 0 Å². The van der Waals surface area contributed by atoms with Gasteiger partial charge in [-0.05, 0) is 0 Å². The van der Waals surface area contributed by atoms with Gasteiger partial charge in [-0.2, -0.15) is 12.6 Å². The van der Waals surface area contributed by atoms with Crippen LogP contribution in [0.2, 0.25) is 0 Å². The smallest absolute Gasteiger partial charge is 0.335 e. The number of esters is 1. The maximum absolute atomic E-state index is 10.4. The molecule has 0 aromatic heterocycles. The molecule has 0 aliphatic rings. The summed E-state index contributed by atoms with van der Waals surface area (Å²) in [5, 5.41) is 8.47. The van der Waals surface area contributed by atoms with Crippen molar-refractivity contribution in [3.63, 3.8) is 0 Å². The maximum Gasteiger partial charge on any atom is 0.335 e. The standard InChI is InChI=1S/C5H10O3S/c1-3(9)4(6)5(7)8-2/h3-4,6,9H,1-2H3. The summed E-state index contributed by atoms with van der Waals surface area (Å²) in [7, 11) is 1.22. The van der Waals surface area contributed by atoms with Crippen molar-refractivity contribution in [1.29, 1.82) is 0 Å². The van der Waals surface area contributed by atoms with Crippen LogP contribution in [-0.2, 0) is 9.53 Å². The SMILES string of the molecule is COC(=O)C(O)C(C)S. The zero-order valence-electron chi connectivity index (χ0n) is 5.37. The quantitative estimate of drug-likeness (QED) is 0.424. The third-order valence-electron chi connectivity index (χ3n) is 0.900. The van der Waals surface area contributed by atoms with Crippen molar-refractivity contribution in [3.8, 4) is 0 Å². The number of hydrogen-bond donors (Lipinski definition) is 2. The summed E-state index contributed by atoms with van der Waals surface area (Å²) in [6.45, 7) is 1.62. The zero-order valence-corrected chi connectivity index (χ0v) is 6.26. The molecule has 9 heavy (non-hydrogen) atoms. The first-order valence-corrected chi connectivity index (χ1v) is 3.05. The van der Waals surface area contributed by atoms with Crippen molar-refractivity contribution in [1.82, 2.24) is 0 Å². The Morgan fingerprint density at radius 1 is 1.78 bits per heavy atom. The first-order valence-electron chi connectivity index (χ1n) is 2.53. The summed E-state index contributed by atoms with van der Waals surface area (Å²) >= 11 is 3.84. The van der Waals surface area contributed by atoms with E-state index in [1.807, 2.05) is 0 Å². The predicted molar refractivity (Wildman–Crippen MR) is 36.5 cm³/mol. The van der Waals surface area contributed by atoms with Crippen LogP contribution < -0.4 is 0 Å². The highest BCUT2D eigenvalue weighted by Gasteiger charge is 2.19. The predicted octanol–water partition coefficient (Wildman–Crippen LogP) is -0.161. The number of carbonyl (C=O) groups is 1. The fourth-order valence-electron chi connectivity index (χ4n) is 0.318. The van der Waals surface area contributed by atoms with Crippen LogP contribution in [0.15, 0.2) is 0 Å². The van der Waals surface area contributed by atoms with Gasteiger partial charge in [0.15, 0.2) is 6.10 Å². The molecular formula is C5H10O3S. The number of hydrogen-bond acceptors (Lipinski definition) is 4. The van der Waals surface area contributed by atoms with Crippen LogP contribution in [-0.4, -0.2) is 29.5 Å². The molecule has 0 spiro atoms. The molecule has 0 heterocycles. The van der Waals surface area contributed by atoms with Gasteiger partial charge in [-0.25, -0.2) is 4.79 Å². The van der Waals surface area contributed by atoms with E-state index in [2.05, 4.69) is 17.4 Å². The molecular weight excluding hydrogens is 140 g/mol. The second-order valence-electron chi connectivity index (χ2n) is 1.71. The molecule has 3 nitrogen and oxygen atoms in total. The third-order valence-corrected chi connectivity index (χ3v) is 1.18. The normalized spacial score (nSPS) is 16.4. The van der Waals surface area contributed by atoms with Crippen LogP contribution in [0.25, 0.3) is 0 Å². The van der Waals surface area contributed by atoms with Gasteiger partial charge in [0.2, 0.25) is 0 Å². The Balaban J connectivity index is 3.72. The summed E-state index contributed by atoms with van der Waals surface area (Å²) in [6.07, 6.45) is -1.11. The summed E-state index contributed by atoms with van der Waals surface area (Å²) in [6, 6.07) is 0. The Labute approximate surface area is 59.4 Å². The monoisotopic (exact) mass is 150 g/mol. The lowest BCUT2D eigenvalue weighted by atomic mass is 10.3. The molecule has 0 amide bonds. The van der Waals surface area contributed by atoms with Crippen molar-refractivity contribution < 1.29 is 14.6 Å². The Bertz CT molecular complexity index is 102. The number of carbonyl (C=O) groups excluding carboxylic acids is 1. The molecule has 0 fully saturated rings. The molecule has 0 aliphatic heterocycles. The van der Waals surface area contributed by atoms with Gasteiger partial charge in [0, 0.05) is 5.25 Å². The molecule has 0 aromatic rings. The van der Waals surface area contributed by atoms with Crippen LogP contribution in [0.4, 0.5) is 0 Å². The van der Waals surface area contributed by atoms with Crippen molar-refractivity contribution in [2.75, 3.05) is 7.11 Å². The topological polar surface area (TPSA) is 46.5 Å². The summed E-state index contributed by atoms with van der Waals surface area (Å²) in [5.41, 5.74) is 0. The molecule has 2 unspecified atom stereocenters. The van der Waals surface area contributed by atoms with Crippen LogP contribution in [0.3, 0.4) is 0 Å². The summed E-state index contributed by atoms with van der Waals surface area (Å²) in [4.78, 5) is 10.4. The van der Waals surface area contributed by atoms with Crippen molar-refractivity contribution >= 4 is 18.6 Å². The molecule has 0 aliphatic carbocycles. The highest BCUT2D eigenvalue weighted by atomic mass is 32.1. The van der Waals surface area contributed by atoms with Gasteiger partial charge in [-0.1, -0.05) is 6.92 Å². The highest BCUT2D eigenvalue weighted by Crippen LogP contribution is 2.01. The van der Waals surface area contributed by atoms with E-state index in [9.17, 15) is 4.79 Å². The summed E-state index contributed by atoms with van der Waals surface area (Å²) in [5.74, 6) is -0.641. The molecule has 0 rings (SSSR count). The van der Waals surface area contributed by atoms with E-state index in [1.54, 1.807) is 6.92 Å². The fraction of sp³-hybridized carbons (Fsp3) is 0.800. The number of ether oxygens (including phenoxy) is 1. The minimum absolute atomic E-state index is 0.377. The Hall–Kier alpha value is -0.220. The summed E-state index contributed by atoms with van der Waals surface area (Å²) < 4.78 is 4.24. The molecule has 2 atom stereocenters. The van der Waals surface area contributed by atoms with Crippen molar-refractivity contribution in [2.24, 2.45) is 0 Å². The van der Waals surface area contributed by atoms with Gasteiger partial charge in [-0.3, -0.25) is 0 Å². The second kappa shape index (κ2) is 3.74. The molecule has 0 bridgehead atoms. The van der Waals surface area contributed by atoms with E-state index < -0.39 is 12.1 Å². The Morgan fingerprint density at radius 3 is 2.33 bits per heavy atom. The Kier molecular flexibility index (Phi) is 3.65. The van der Waals surface area contributed by atoms with E-state index in [-0.39, 0.29) is 5.25 Å². The first kappa shape index (κ1) is 8.78. The minimum atomic E-state index is -1.11. The molecule has 1 N–H and O–H groups in total. The average molecular weight is 150 g/mol. The van der Waals surface area contributed by atoms with Gasteiger partial charge < -0.3 is 9.84 Å². The van der Waals surface area contributed by atoms with Gasteiger partial charge in [0.1, 0.15) is 0 Å². The maximum atomic E-state index is 10.4. The van der Waals surface area contributed by atoms with Crippen LogP contribution in [0.1, 0.15) is 6.92 Å². The largest absolute Gasteiger partial charge is 0.467 e. The average Bonchev–Trinajstić information content (AvgIpc) is 1.84. The molecule has 4 heteroatoms. The van der Waals surface area contributed by atoms with Gasteiger partial charge >= 0.3 is 5.97 Å². The van der Waals surface area contributed by atoms with E-state index >= 15 is 0 Å². The third kappa shape index (κ3) is 2.72. The van der Waals surface area contributed by atoms with E-state index in [0.717, 1.165) is 0 Å². The Morgan fingerprint density at radius 2 is 2.22 bits per heavy atom. The number of methoxy groups -OCH3 is 1. The van der Waals surface area contributed by atoms with Gasteiger partial charge in [0.05, 0.1) is 7.11 Å². The number of aliphatic hydroxyl groups is 1. The van der Waals surface area contributed by atoms with Crippen LogP contribution in [0.5, 0.6) is 0 Å². The fourth-order valence-corrected chi connectivity index (χ4v) is 0.439. The molecule has 0 saturated carbocycles. The first-order chi connectivity index (χ1) is 4.09. The van der Waals surface area contributed by atoms with Gasteiger partial charge in [-0.15, -0.1) is 0 Å². The molecule has 0 saturated heterocycles. The highest BCUT2D eigenvalue weighted by molar-refractivity contribution is 7.81. The van der Waals surface area contributed by atoms with Crippen molar-refractivity contribution in [3.05, 3.63) is 0 Å². The number of rotatable bonds is 2. The molecule has 0 radical (unpaired) electrons. The lowest BCUT2D eigenvalue weighted by Crippen LogP contribution is -2.29. The second-order valence-corrected chi connectivity index (χ2v) is 2.52. The lowest BCUT2D eigenvalue weighted by molar-refractivity contribution is -0.150. The number of aliphatic hydroxyl groups excluding tert-OH is 1. The van der Waals surface area contributed by atoms with Crippen LogP contribution >= 0.6 is 12.6 Å². The minimum Gasteiger partial charge on any atom is -0.467 e. The van der Waals surface area contributed by atoms with Gasteiger partial charge in [0.25, 0.3) is 0 Å². The molecule has 0 aromatic carbocycles. The van der Waals surface area contributed by atoms with E-state index in [0.29, 0.717) is 0 Å². The van der Waals surface area contributed by atoms with Crippen molar-refractivity contribution in [2.45, 2.75) is 18.3 Å².